The van der Waals surface area contributed by atoms with Crippen molar-refractivity contribution in [1.82, 2.24) is 10.5 Å². The van der Waals surface area contributed by atoms with Crippen molar-refractivity contribution in [3.8, 4) is 0 Å². The van der Waals surface area contributed by atoms with Gasteiger partial charge >= 0.3 is 0 Å². The molecule has 0 bridgehead atoms. The molecule has 1 N–H and O–H groups in total. The van der Waals surface area contributed by atoms with E-state index in [1.807, 2.05) is 6.92 Å². The van der Waals surface area contributed by atoms with E-state index in [9.17, 15) is 4.79 Å². The van der Waals surface area contributed by atoms with E-state index >= 15 is 0 Å². The minimum Gasteiger partial charge on any atom is -0.277 e. The molecule has 0 fully saturated rings. The summed E-state index contributed by atoms with van der Waals surface area (Å²) in [6.45, 7) is 1.84. The second-order valence-corrected chi connectivity index (χ2v) is 3.11. The average molecular weight is 172 g/mol. The summed E-state index contributed by atoms with van der Waals surface area (Å²) in [4.78, 5) is 19.9. The van der Waals surface area contributed by atoms with Gasteiger partial charge in [-0.3, -0.25) is 9.63 Å². The molecule has 0 unspecified atom stereocenters. The number of amides is 1. The summed E-state index contributed by atoms with van der Waals surface area (Å²) in [5.41, 5.74) is 2.21. The Labute approximate surface area is 68.2 Å². The predicted octanol–water partition coefficient (Wildman–Crippen LogP) is 0.743. The summed E-state index contributed by atoms with van der Waals surface area (Å²) >= 11 is 1.33. The summed E-state index contributed by atoms with van der Waals surface area (Å²) in [5, 5.41) is 0.867. The predicted molar refractivity (Wildman–Crippen MR) is 41.3 cm³/mol. The molecule has 60 valence electrons. The Hall–Kier alpha value is -0.940. The highest BCUT2D eigenvalue weighted by Gasteiger charge is 2.06. The third-order valence-corrected chi connectivity index (χ3v) is 1.95. The Morgan fingerprint density at radius 2 is 2.55 bits per heavy atom. The molecule has 0 aliphatic heterocycles. The van der Waals surface area contributed by atoms with Gasteiger partial charge in [-0.05, 0) is 6.92 Å². The molecule has 1 heterocycles. The molecule has 0 saturated carbocycles. The molecular formula is C6H8N2O2S. The van der Waals surface area contributed by atoms with E-state index in [-0.39, 0.29) is 5.91 Å². The molecule has 0 saturated heterocycles. The van der Waals surface area contributed by atoms with E-state index in [1.54, 1.807) is 0 Å². The van der Waals surface area contributed by atoms with Crippen LogP contribution in [0.5, 0.6) is 0 Å². The van der Waals surface area contributed by atoms with Crippen molar-refractivity contribution in [2.45, 2.75) is 6.92 Å². The molecule has 4 nitrogen and oxygen atoms in total. The number of carbonyl (C=O) groups excluding carboxylic acids is 1. The van der Waals surface area contributed by atoms with Crippen LogP contribution in [0, 0.1) is 6.92 Å². The van der Waals surface area contributed by atoms with E-state index < -0.39 is 0 Å². The fourth-order valence-electron chi connectivity index (χ4n) is 0.609. The number of aromatic nitrogens is 1. The fraction of sp³-hybridized carbons (Fsp3) is 0.333. The second-order valence-electron chi connectivity index (χ2n) is 1.88. The van der Waals surface area contributed by atoms with E-state index in [0.717, 1.165) is 5.01 Å². The quantitative estimate of drug-likeness (QED) is 0.669. The molecule has 1 aromatic rings. The van der Waals surface area contributed by atoms with E-state index in [2.05, 4.69) is 15.3 Å². The van der Waals surface area contributed by atoms with Crippen LogP contribution < -0.4 is 5.48 Å². The smallest absolute Gasteiger partial charge is 0.277 e. The molecule has 0 aromatic carbocycles. The van der Waals surface area contributed by atoms with Crippen LogP contribution in [-0.2, 0) is 4.84 Å². The topological polar surface area (TPSA) is 51.2 Å². The molecule has 1 amide bonds. The second kappa shape index (κ2) is 3.45. The standard InChI is InChI=1S/C6H8N2O2S/c1-4-7-3-5(11-4)6(9)8-10-2/h3H,1-2H3,(H,8,9). The highest BCUT2D eigenvalue weighted by molar-refractivity contribution is 7.13. The van der Waals surface area contributed by atoms with Crippen LogP contribution in [0.25, 0.3) is 0 Å². The molecule has 0 aliphatic carbocycles. The van der Waals surface area contributed by atoms with E-state index in [4.69, 9.17) is 0 Å². The third kappa shape index (κ3) is 1.99. The van der Waals surface area contributed by atoms with Crippen molar-refractivity contribution >= 4 is 17.2 Å². The molecular weight excluding hydrogens is 164 g/mol. The number of nitrogens with one attached hydrogen (secondary N) is 1. The molecule has 1 rings (SSSR count). The maximum atomic E-state index is 11.0. The van der Waals surface area contributed by atoms with E-state index in [1.165, 1.54) is 24.6 Å². The first kappa shape index (κ1) is 8.16. The van der Waals surface area contributed by atoms with Crippen molar-refractivity contribution in [1.29, 1.82) is 0 Å². The summed E-state index contributed by atoms with van der Waals surface area (Å²) in [6, 6.07) is 0. The van der Waals surface area contributed by atoms with Crippen LogP contribution >= 0.6 is 11.3 Å². The zero-order valence-electron chi connectivity index (χ0n) is 6.25. The fourth-order valence-corrected chi connectivity index (χ4v) is 1.27. The highest BCUT2D eigenvalue weighted by atomic mass is 32.1. The van der Waals surface area contributed by atoms with Crippen molar-refractivity contribution in [2.75, 3.05) is 7.11 Å². The van der Waals surface area contributed by atoms with Gasteiger partial charge in [-0.2, -0.15) is 0 Å². The Balaban J connectivity index is 2.69. The van der Waals surface area contributed by atoms with Gasteiger partial charge in [-0.1, -0.05) is 0 Å². The Bertz CT molecular complexity index is 259. The molecule has 0 spiro atoms. The lowest BCUT2D eigenvalue weighted by molar-refractivity contribution is 0.0542. The number of thiazole rings is 1. The number of carbonyl (C=O) groups is 1. The van der Waals surface area contributed by atoms with Crippen molar-refractivity contribution in [3.05, 3.63) is 16.1 Å². The first-order valence-electron chi connectivity index (χ1n) is 3.00. The van der Waals surface area contributed by atoms with Gasteiger partial charge in [0.1, 0.15) is 4.88 Å². The number of aryl methyl sites for hydroxylation is 1. The van der Waals surface area contributed by atoms with Crippen LogP contribution in [0.15, 0.2) is 6.20 Å². The van der Waals surface area contributed by atoms with Gasteiger partial charge in [-0.25, -0.2) is 10.5 Å². The van der Waals surface area contributed by atoms with Crippen molar-refractivity contribution in [2.24, 2.45) is 0 Å². The Morgan fingerprint density at radius 1 is 1.82 bits per heavy atom. The first-order valence-corrected chi connectivity index (χ1v) is 3.81. The Kier molecular flexibility index (Phi) is 2.56. The molecule has 0 atom stereocenters. The largest absolute Gasteiger partial charge is 0.286 e. The summed E-state index contributed by atoms with van der Waals surface area (Å²) in [7, 11) is 1.39. The molecule has 0 aliphatic rings. The van der Waals surface area contributed by atoms with Crippen LogP contribution in [0.4, 0.5) is 0 Å². The maximum absolute atomic E-state index is 11.0. The Morgan fingerprint density at radius 3 is 3.00 bits per heavy atom. The molecule has 11 heavy (non-hydrogen) atoms. The van der Waals surface area contributed by atoms with Gasteiger partial charge in [0, 0.05) is 0 Å². The number of hydroxylamine groups is 1. The number of rotatable bonds is 2. The average Bonchev–Trinajstić information content (AvgIpc) is 2.36. The summed E-state index contributed by atoms with van der Waals surface area (Å²) < 4.78 is 0. The molecule has 5 heteroatoms. The summed E-state index contributed by atoms with van der Waals surface area (Å²) in [6.07, 6.45) is 1.52. The molecule has 1 aromatic heterocycles. The number of hydrogen-bond acceptors (Lipinski definition) is 4. The maximum Gasteiger partial charge on any atom is 0.286 e. The number of hydrogen-bond donors (Lipinski definition) is 1. The van der Waals surface area contributed by atoms with Crippen LogP contribution in [0.3, 0.4) is 0 Å². The zero-order valence-corrected chi connectivity index (χ0v) is 7.07. The van der Waals surface area contributed by atoms with Crippen molar-refractivity contribution in [3.63, 3.8) is 0 Å². The van der Waals surface area contributed by atoms with Gasteiger partial charge in [0.2, 0.25) is 0 Å². The van der Waals surface area contributed by atoms with Gasteiger partial charge < -0.3 is 0 Å². The van der Waals surface area contributed by atoms with Crippen LogP contribution in [0.1, 0.15) is 14.7 Å². The minimum atomic E-state index is -0.252. The molecule has 0 radical (unpaired) electrons. The normalized spacial score (nSPS) is 9.64. The lowest BCUT2D eigenvalue weighted by Crippen LogP contribution is -2.20. The van der Waals surface area contributed by atoms with Gasteiger partial charge in [-0.15, -0.1) is 11.3 Å². The summed E-state index contributed by atoms with van der Waals surface area (Å²) in [5.74, 6) is -0.252. The lowest BCUT2D eigenvalue weighted by Gasteiger charge is -1.95. The van der Waals surface area contributed by atoms with Crippen molar-refractivity contribution < 1.29 is 9.63 Å². The minimum absolute atomic E-state index is 0.252. The lowest BCUT2D eigenvalue weighted by atomic mass is 10.5. The third-order valence-electron chi connectivity index (χ3n) is 1.04. The van der Waals surface area contributed by atoms with E-state index in [0.29, 0.717) is 4.88 Å². The number of nitrogens with zero attached hydrogens (tertiary/aromatic N) is 1. The monoisotopic (exact) mass is 172 g/mol. The zero-order chi connectivity index (χ0) is 8.27. The SMILES string of the molecule is CONC(=O)c1cnc(C)s1. The van der Waals surface area contributed by atoms with Crippen LogP contribution in [-0.4, -0.2) is 18.0 Å². The van der Waals surface area contributed by atoms with Gasteiger partial charge in [0.05, 0.1) is 18.3 Å². The first-order chi connectivity index (χ1) is 5.24. The van der Waals surface area contributed by atoms with Gasteiger partial charge in [0.25, 0.3) is 5.91 Å². The van der Waals surface area contributed by atoms with Crippen LogP contribution in [0.2, 0.25) is 0 Å². The highest BCUT2D eigenvalue weighted by Crippen LogP contribution is 2.10. The van der Waals surface area contributed by atoms with Gasteiger partial charge in [0.15, 0.2) is 0 Å².